The number of aromatic amines is 1. The molecule has 0 unspecified atom stereocenters. The molecule has 0 bridgehead atoms. The van der Waals surface area contributed by atoms with Gasteiger partial charge in [0.1, 0.15) is 5.56 Å². The normalized spacial score (nSPS) is 14.1. The Bertz CT molecular complexity index is 1600. The number of benzene rings is 2. The van der Waals surface area contributed by atoms with Crippen molar-refractivity contribution < 1.29 is 23.1 Å². The van der Waals surface area contributed by atoms with Crippen LogP contribution in [0.25, 0.3) is 17.3 Å². The highest BCUT2D eigenvalue weighted by Crippen LogP contribution is 2.31. The van der Waals surface area contributed by atoms with Gasteiger partial charge in [-0.25, -0.2) is 14.4 Å². The van der Waals surface area contributed by atoms with E-state index < -0.39 is 28.9 Å². The largest absolute Gasteiger partial charge is 0.494 e. The third kappa shape index (κ3) is 4.79. The number of halogens is 3. The molecule has 0 aliphatic carbocycles. The van der Waals surface area contributed by atoms with Gasteiger partial charge in [0, 0.05) is 18.7 Å². The molecular weight excluding hydrogens is 465 g/mol. The Labute approximate surface area is 195 Å². The SMILES string of the molecule is CC(=O)NCCC1=c2ccccc2=N/C1=C\c1c(O)n(-c2cccc(C(F)(F)F)c2)c(=O)[nH]c1=O. The molecule has 11 heteroatoms. The fraction of sp³-hybridized carbons (Fsp3) is 0.167. The van der Waals surface area contributed by atoms with Crippen molar-refractivity contribution in [3.05, 3.63) is 96.8 Å². The molecule has 180 valence electrons. The molecule has 0 saturated heterocycles. The van der Waals surface area contributed by atoms with E-state index in [2.05, 4.69) is 10.3 Å². The molecule has 0 atom stereocenters. The molecule has 4 rings (SSSR count). The van der Waals surface area contributed by atoms with E-state index in [1.54, 1.807) is 18.2 Å². The highest BCUT2D eigenvalue weighted by molar-refractivity contribution is 5.77. The van der Waals surface area contributed by atoms with Gasteiger partial charge in [0.25, 0.3) is 5.56 Å². The number of hydrogen-bond donors (Lipinski definition) is 3. The fourth-order valence-corrected chi connectivity index (χ4v) is 3.77. The summed E-state index contributed by atoms with van der Waals surface area (Å²) in [6, 6.07) is 10.9. The molecule has 3 aromatic rings. The maximum Gasteiger partial charge on any atom is 0.416 e. The Morgan fingerprint density at radius 1 is 1.17 bits per heavy atom. The Morgan fingerprint density at radius 3 is 2.63 bits per heavy atom. The number of H-pyrrole nitrogens is 1. The molecular formula is C24H19F3N4O4. The van der Waals surface area contributed by atoms with Gasteiger partial charge in [0.05, 0.1) is 22.3 Å². The lowest BCUT2D eigenvalue weighted by molar-refractivity contribution is -0.137. The summed E-state index contributed by atoms with van der Waals surface area (Å²) in [5.74, 6) is -1.06. The van der Waals surface area contributed by atoms with Crippen LogP contribution in [0.15, 0.2) is 68.8 Å². The van der Waals surface area contributed by atoms with Crippen molar-refractivity contribution >= 4 is 17.6 Å². The van der Waals surface area contributed by atoms with Gasteiger partial charge in [-0.05, 0) is 42.3 Å². The monoisotopic (exact) mass is 484 g/mol. The first-order valence-corrected chi connectivity index (χ1v) is 10.5. The average Bonchev–Trinajstić information content (AvgIpc) is 3.13. The van der Waals surface area contributed by atoms with Gasteiger partial charge < -0.3 is 10.4 Å². The van der Waals surface area contributed by atoms with Crippen LogP contribution in [0, 0.1) is 0 Å². The second kappa shape index (κ2) is 9.09. The van der Waals surface area contributed by atoms with Crippen LogP contribution in [0.2, 0.25) is 0 Å². The van der Waals surface area contributed by atoms with E-state index >= 15 is 0 Å². The minimum atomic E-state index is -4.67. The van der Waals surface area contributed by atoms with Gasteiger partial charge in [0.2, 0.25) is 11.8 Å². The summed E-state index contributed by atoms with van der Waals surface area (Å²) in [5, 5.41) is 14.9. The van der Waals surface area contributed by atoms with Crippen LogP contribution in [0.3, 0.4) is 0 Å². The van der Waals surface area contributed by atoms with Crippen LogP contribution in [0.1, 0.15) is 24.5 Å². The molecule has 0 fully saturated rings. The van der Waals surface area contributed by atoms with Crippen molar-refractivity contribution in [1.29, 1.82) is 0 Å². The number of allylic oxidation sites excluding steroid dienone is 1. The lowest BCUT2D eigenvalue weighted by atomic mass is 10.1. The Hall–Kier alpha value is -4.41. The molecule has 35 heavy (non-hydrogen) atoms. The lowest BCUT2D eigenvalue weighted by Gasteiger charge is -2.13. The first-order chi connectivity index (χ1) is 16.6. The van der Waals surface area contributed by atoms with Gasteiger partial charge in [-0.2, -0.15) is 13.2 Å². The smallest absolute Gasteiger partial charge is 0.416 e. The standard InChI is InChI=1S/C24H19F3N4O4/c1-13(32)28-10-9-17-16-7-2-3-8-19(16)29-20(17)12-18-21(33)30-23(35)31(22(18)34)15-6-4-5-14(11-15)24(25,26)27/h2-8,11-12,34H,9-10H2,1H3,(H,28,32)(H,30,33,35)/b20-12-. The number of nitrogens with one attached hydrogen (secondary N) is 2. The van der Waals surface area contributed by atoms with E-state index in [0.717, 1.165) is 17.4 Å². The number of alkyl halides is 3. The zero-order valence-electron chi connectivity index (χ0n) is 18.3. The maximum absolute atomic E-state index is 13.2. The van der Waals surface area contributed by atoms with Crippen LogP contribution in [-0.2, 0) is 11.0 Å². The predicted octanol–water partition coefficient (Wildman–Crippen LogP) is 1.60. The predicted molar refractivity (Wildman–Crippen MR) is 121 cm³/mol. The van der Waals surface area contributed by atoms with Crippen LogP contribution < -0.4 is 27.1 Å². The number of hydrogen-bond acceptors (Lipinski definition) is 5. The van der Waals surface area contributed by atoms with E-state index in [4.69, 9.17) is 0 Å². The first kappa shape index (κ1) is 23.7. The molecule has 0 radical (unpaired) electrons. The highest BCUT2D eigenvalue weighted by Gasteiger charge is 2.31. The van der Waals surface area contributed by atoms with Crippen molar-refractivity contribution in [1.82, 2.24) is 14.9 Å². The fourth-order valence-electron chi connectivity index (χ4n) is 3.77. The Kier molecular flexibility index (Phi) is 6.16. The molecule has 1 amide bonds. The van der Waals surface area contributed by atoms with Crippen LogP contribution in [0.4, 0.5) is 13.2 Å². The summed E-state index contributed by atoms with van der Waals surface area (Å²) in [6.45, 7) is 1.67. The zero-order valence-corrected chi connectivity index (χ0v) is 18.3. The minimum absolute atomic E-state index is 0.221. The van der Waals surface area contributed by atoms with Crippen molar-refractivity contribution in [3.8, 4) is 11.6 Å². The molecule has 2 heterocycles. The lowest BCUT2D eigenvalue weighted by Crippen LogP contribution is -2.30. The Morgan fingerprint density at radius 2 is 1.91 bits per heavy atom. The summed E-state index contributed by atoms with van der Waals surface area (Å²) < 4.78 is 40.1. The highest BCUT2D eigenvalue weighted by atomic mass is 19.4. The first-order valence-electron chi connectivity index (χ1n) is 10.5. The topological polar surface area (TPSA) is 117 Å². The molecule has 1 aliphatic rings. The van der Waals surface area contributed by atoms with E-state index in [0.29, 0.717) is 33.7 Å². The van der Waals surface area contributed by atoms with Crippen molar-refractivity contribution in [3.63, 3.8) is 0 Å². The van der Waals surface area contributed by atoms with E-state index in [9.17, 15) is 32.7 Å². The van der Waals surface area contributed by atoms with Crippen LogP contribution in [0.5, 0.6) is 5.88 Å². The molecule has 8 nitrogen and oxygen atoms in total. The van der Waals surface area contributed by atoms with Crippen LogP contribution in [-0.4, -0.2) is 27.1 Å². The summed E-state index contributed by atoms with van der Waals surface area (Å²) in [7, 11) is 0. The van der Waals surface area contributed by atoms with Gasteiger partial charge >= 0.3 is 11.9 Å². The number of fused-ring (bicyclic) bond motifs is 1. The van der Waals surface area contributed by atoms with E-state index in [-0.39, 0.29) is 23.7 Å². The number of carbonyl (C=O) groups is 1. The number of amides is 1. The van der Waals surface area contributed by atoms with Gasteiger partial charge in [-0.15, -0.1) is 0 Å². The third-order valence-electron chi connectivity index (χ3n) is 5.36. The number of aromatic hydroxyl groups is 1. The summed E-state index contributed by atoms with van der Waals surface area (Å²) in [4.78, 5) is 42.8. The van der Waals surface area contributed by atoms with Crippen molar-refractivity contribution in [2.45, 2.75) is 19.5 Å². The Balaban J connectivity index is 1.86. The number of nitrogens with zero attached hydrogens (tertiary/aromatic N) is 2. The number of carbonyl (C=O) groups excluding carboxylic acids is 1. The van der Waals surface area contributed by atoms with E-state index in [1.165, 1.54) is 19.1 Å². The van der Waals surface area contributed by atoms with Crippen molar-refractivity contribution in [2.24, 2.45) is 4.99 Å². The number of aromatic nitrogens is 2. The quantitative estimate of drug-likeness (QED) is 0.510. The second-order valence-corrected chi connectivity index (χ2v) is 7.75. The van der Waals surface area contributed by atoms with Gasteiger partial charge in [-0.3, -0.25) is 14.6 Å². The molecule has 0 saturated carbocycles. The summed E-state index contributed by atoms with van der Waals surface area (Å²) in [5.41, 5.74) is -2.70. The van der Waals surface area contributed by atoms with Crippen LogP contribution >= 0.6 is 0 Å². The molecule has 0 spiro atoms. The van der Waals surface area contributed by atoms with E-state index in [1.807, 2.05) is 11.1 Å². The van der Waals surface area contributed by atoms with Crippen molar-refractivity contribution in [2.75, 3.05) is 6.54 Å². The number of rotatable bonds is 5. The average molecular weight is 484 g/mol. The van der Waals surface area contributed by atoms with Gasteiger partial charge in [-0.1, -0.05) is 24.3 Å². The molecule has 1 aromatic heterocycles. The number of para-hydroxylation sites is 1. The maximum atomic E-state index is 13.2. The second-order valence-electron chi connectivity index (χ2n) is 7.75. The molecule has 2 aromatic carbocycles. The molecule has 1 aliphatic heterocycles. The minimum Gasteiger partial charge on any atom is -0.494 e. The molecule has 3 N–H and O–H groups in total. The summed E-state index contributed by atoms with van der Waals surface area (Å²) in [6.07, 6.45) is -3.05. The third-order valence-corrected chi connectivity index (χ3v) is 5.36. The zero-order chi connectivity index (χ0) is 25.3. The van der Waals surface area contributed by atoms with Gasteiger partial charge in [0.15, 0.2) is 0 Å². The summed E-state index contributed by atoms with van der Waals surface area (Å²) >= 11 is 0.